The van der Waals surface area contributed by atoms with Gasteiger partial charge in [0.05, 0.1) is 5.69 Å². The van der Waals surface area contributed by atoms with Crippen LogP contribution in [0, 0.1) is 0 Å². The number of rotatable bonds is 7. The number of guanidine groups is 1. The number of halogens is 2. The summed E-state index contributed by atoms with van der Waals surface area (Å²) in [7, 11) is 3.84. The smallest absolute Gasteiger partial charge is 0.191 e. The SMILES string of the molecule is CCc1nn(C)c(CC)c1CNC(=NC)NCC1(c2cccc(Cl)c2)CC1.I. The lowest BCUT2D eigenvalue weighted by atomic mass is 9.96. The summed E-state index contributed by atoms with van der Waals surface area (Å²) in [6.07, 6.45) is 4.28. The molecule has 1 aromatic carbocycles. The van der Waals surface area contributed by atoms with Crippen LogP contribution in [0.2, 0.25) is 5.02 Å². The Labute approximate surface area is 190 Å². The number of benzene rings is 1. The van der Waals surface area contributed by atoms with E-state index in [1.165, 1.54) is 29.7 Å². The van der Waals surface area contributed by atoms with Crippen molar-refractivity contribution < 1.29 is 0 Å². The van der Waals surface area contributed by atoms with Crippen molar-refractivity contribution >= 4 is 41.5 Å². The molecular weight excluding hydrogens is 485 g/mol. The summed E-state index contributed by atoms with van der Waals surface area (Å²) in [5.41, 5.74) is 5.23. The normalized spacial score (nSPS) is 15.1. The minimum Gasteiger partial charge on any atom is -0.356 e. The predicted molar refractivity (Wildman–Crippen MR) is 128 cm³/mol. The molecule has 3 rings (SSSR count). The van der Waals surface area contributed by atoms with Gasteiger partial charge in [0.1, 0.15) is 0 Å². The molecule has 0 bridgehead atoms. The molecule has 0 radical (unpaired) electrons. The van der Waals surface area contributed by atoms with Crippen LogP contribution in [0.15, 0.2) is 29.3 Å². The second-order valence-corrected chi connectivity index (χ2v) is 7.71. The van der Waals surface area contributed by atoms with E-state index in [4.69, 9.17) is 11.6 Å². The summed E-state index contributed by atoms with van der Waals surface area (Å²) < 4.78 is 2.00. The fourth-order valence-electron chi connectivity index (χ4n) is 3.78. The molecule has 28 heavy (non-hydrogen) atoms. The molecule has 1 heterocycles. The molecule has 1 aliphatic carbocycles. The fraction of sp³-hybridized carbons (Fsp3) is 0.524. The summed E-state index contributed by atoms with van der Waals surface area (Å²) >= 11 is 6.18. The van der Waals surface area contributed by atoms with E-state index in [1.807, 2.05) is 30.9 Å². The third kappa shape index (κ3) is 5.00. The van der Waals surface area contributed by atoms with E-state index in [2.05, 4.69) is 46.7 Å². The summed E-state index contributed by atoms with van der Waals surface area (Å²) in [5, 5.41) is 12.4. The summed E-state index contributed by atoms with van der Waals surface area (Å²) in [4.78, 5) is 4.40. The summed E-state index contributed by atoms with van der Waals surface area (Å²) in [6.45, 7) is 5.93. The van der Waals surface area contributed by atoms with Gasteiger partial charge in [0, 0.05) is 48.9 Å². The Morgan fingerprint density at radius 2 is 2.00 bits per heavy atom. The summed E-state index contributed by atoms with van der Waals surface area (Å²) in [6, 6.07) is 8.22. The van der Waals surface area contributed by atoms with E-state index in [0.29, 0.717) is 0 Å². The van der Waals surface area contributed by atoms with Crippen molar-refractivity contribution in [3.63, 3.8) is 0 Å². The topological polar surface area (TPSA) is 54.2 Å². The van der Waals surface area contributed by atoms with Crippen molar-refractivity contribution in [1.82, 2.24) is 20.4 Å². The highest BCUT2D eigenvalue weighted by atomic mass is 127. The monoisotopic (exact) mass is 515 g/mol. The van der Waals surface area contributed by atoms with Crippen LogP contribution >= 0.6 is 35.6 Å². The van der Waals surface area contributed by atoms with Crippen molar-refractivity contribution in [1.29, 1.82) is 0 Å². The van der Waals surface area contributed by atoms with Gasteiger partial charge in [-0.15, -0.1) is 24.0 Å². The predicted octanol–water partition coefficient (Wildman–Crippen LogP) is 4.21. The molecule has 2 aromatic rings. The lowest BCUT2D eigenvalue weighted by Crippen LogP contribution is -2.41. The quantitative estimate of drug-likeness (QED) is 0.330. The molecule has 154 valence electrons. The third-order valence-electron chi connectivity index (χ3n) is 5.57. The first-order valence-electron chi connectivity index (χ1n) is 9.77. The largest absolute Gasteiger partial charge is 0.356 e. The highest BCUT2D eigenvalue weighted by Crippen LogP contribution is 2.48. The van der Waals surface area contributed by atoms with Crippen molar-refractivity contribution in [2.45, 2.75) is 51.5 Å². The first-order chi connectivity index (χ1) is 13.0. The molecule has 1 aromatic heterocycles. The second kappa shape index (κ2) is 9.96. The van der Waals surface area contributed by atoms with Crippen molar-refractivity contribution in [3.8, 4) is 0 Å². The van der Waals surface area contributed by atoms with E-state index < -0.39 is 0 Å². The van der Waals surface area contributed by atoms with Crippen molar-refractivity contribution in [3.05, 3.63) is 51.8 Å². The molecule has 0 spiro atoms. The molecule has 2 N–H and O–H groups in total. The summed E-state index contributed by atoms with van der Waals surface area (Å²) in [5.74, 6) is 0.830. The maximum absolute atomic E-state index is 6.18. The number of nitrogens with one attached hydrogen (secondary N) is 2. The maximum atomic E-state index is 6.18. The second-order valence-electron chi connectivity index (χ2n) is 7.27. The first-order valence-corrected chi connectivity index (χ1v) is 10.1. The van der Waals surface area contributed by atoms with Gasteiger partial charge in [-0.05, 0) is 43.4 Å². The molecule has 7 heteroatoms. The number of hydrogen-bond donors (Lipinski definition) is 2. The number of nitrogens with zero attached hydrogens (tertiary/aromatic N) is 3. The van der Waals surface area contributed by atoms with Gasteiger partial charge in [0.15, 0.2) is 5.96 Å². The zero-order chi connectivity index (χ0) is 19.4. The van der Waals surface area contributed by atoms with Crippen LogP contribution in [0.3, 0.4) is 0 Å². The maximum Gasteiger partial charge on any atom is 0.191 e. The Hall–Kier alpha value is -1.28. The van der Waals surface area contributed by atoms with Crippen LogP contribution in [0.1, 0.15) is 49.2 Å². The van der Waals surface area contributed by atoms with Gasteiger partial charge in [0.2, 0.25) is 0 Å². The van der Waals surface area contributed by atoms with Crippen LogP contribution in [0.25, 0.3) is 0 Å². The Bertz CT molecular complexity index is 826. The van der Waals surface area contributed by atoms with Crippen molar-refractivity contribution in [2.75, 3.05) is 13.6 Å². The molecule has 0 atom stereocenters. The molecule has 1 saturated carbocycles. The molecule has 0 amide bonds. The van der Waals surface area contributed by atoms with E-state index in [9.17, 15) is 0 Å². The van der Waals surface area contributed by atoms with Crippen molar-refractivity contribution in [2.24, 2.45) is 12.0 Å². The van der Waals surface area contributed by atoms with Crippen LogP contribution < -0.4 is 10.6 Å². The van der Waals surface area contributed by atoms with E-state index >= 15 is 0 Å². The Morgan fingerprint density at radius 1 is 1.25 bits per heavy atom. The zero-order valence-electron chi connectivity index (χ0n) is 17.2. The Morgan fingerprint density at radius 3 is 2.57 bits per heavy atom. The molecule has 0 saturated heterocycles. The van der Waals surface area contributed by atoms with Crippen LogP contribution in [0.4, 0.5) is 0 Å². The average molecular weight is 516 g/mol. The Kier molecular flexibility index (Phi) is 8.18. The standard InChI is InChI=1S/C21H30ClN5.HI/c1-5-18-17(19(6-2)27(4)26-18)13-24-20(23-3)25-14-21(10-11-21)15-8-7-9-16(22)12-15;/h7-9,12H,5-6,10-11,13-14H2,1-4H3,(H2,23,24,25);1H. The molecule has 0 aliphatic heterocycles. The lowest BCUT2D eigenvalue weighted by Gasteiger charge is -2.19. The van der Waals surface area contributed by atoms with Crippen LogP contribution in [0.5, 0.6) is 0 Å². The Balaban J connectivity index is 0.00000280. The van der Waals surface area contributed by atoms with Gasteiger partial charge in [-0.2, -0.15) is 5.10 Å². The third-order valence-corrected chi connectivity index (χ3v) is 5.80. The van der Waals surface area contributed by atoms with Gasteiger partial charge >= 0.3 is 0 Å². The van der Waals surface area contributed by atoms with E-state index in [0.717, 1.165) is 42.6 Å². The fourth-order valence-corrected chi connectivity index (χ4v) is 3.97. The zero-order valence-corrected chi connectivity index (χ0v) is 20.3. The lowest BCUT2D eigenvalue weighted by molar-refractivity contribution is 0.645. The number of aromatic nitrogens is 2. The van der Waals surface area contributed by atoms with Gasteiger partial charge in [0.25, 0.3) is 0 Å². The van der Waals surface area contributed by atoms with Gasteiger partial charge in [-0.3, -0.25) is 9.67 Å². The number of hydrogen-bond acceptors (Lipinski definition) is 2. The average Bonchev–Trinajstić information content (AvgIpc) is 3.40. The first kappa shape index (κ1) is 23.0. The molecule has 1 fully saturated rings. The molecular formula is C21H31ClIN5. The minimum atomic E-state index is 0. The van der Waals surface area contributed by atoms with E-state index in [1.54, 1.807) is 0 Å². The van der Waals surface area contributed by atoms with Gasteiger partial charge in [-0.25, -0.2) is 0 Å². The molecule has 5 nitrogen and oxygen atoms in total. The van der Waals surface area contributed by atoms with Gasteiger partial charge < -0.3 is 10.6 Å². The number of aryl methyl sites for hydroxylation is 2. The minimum absolute atomic E-state index is 0. The highest BCUT2D eigenvalue weighted by Gasteiger charge is 2.44. The van der Waals surface area contributed by atoms with Crippen LogP contribution in [-0.2, 0) is 31.8 Å². The highest BCUT2D eigenvalue weighted by molar-refractivity contribution is 14.0. The number of aliphatic imine (C=N–C) groups is 1. The van der Waals surface area contributed by atoms with Gasteiger partial charge in [-0.1, -0.05) is 37.6 Å². The van der Waals surface area contributed by atoms with E-state index in [-0.39, 0.29) is 29.4 Å². The molecule has 1 aliphatic rings. The molecule has 0 unspecified atom stereocenters. The van der Waals surface area contributed by atoms with Crippen LogP contribution in [-0.4, -0.2) is 29.3 Å².